The summed E-state index contributed by atoms with van der Waals surface area (Å²) in [5, 5.41) is 27.1. The molecule has 0 aromatic carbocycles. The summed E-state index contributed by atoms with van der Waals surface area (Å²) in [6, 6.07) is 6.87. The molecule has 0 spiro atoms. The Kier molecular flexibility index (Phi) is 6.18. The second-order valence-electron chi connectivity index (χ2n) is 11.5. The molecule has 2 aliphatic rings. The predicted molar refractivity (Wildman–Crippen MR) is 143 cm³/mol. The smallest absolute Gasteiger partial charge is 0.354 e. The normalized spacial score (nSPS) is 20.0. The molecular weight excluding hydrogens is 498 g/mol. The van der Waals surface area contributed by atoms with E-state index in [0.717, 1.165) is 0 Å². The first-order valence-corrected chi connectivity index (χ1v) is 12.9. The highest BCUT2D eigenvalue weighted by molar-refractivity contribution is 6.11. The van der Waals surface area contributed by atoms with Crippen LogP contribution < -0.4 is 16.0 Å². The molecule has 0 unspecified atom stereocenters. The van der Waals surface area contributed by atoms with Crippen LogP contribution in [0.5, 0.6) is 0 Å². The summed E-state index contributed by atoms with van der Waals surface area (Å²) in [6.07, 6.45) is 4.03. The van der Waals surface area contributed by atoms with Crippen molar-refractivity contribution in [3.8, 4) is 17.2 Å². The first-order valence-electron chi connectivity index (χ1n) is 12.9. The third-order valence-corrected chi connectivity index (χ3v) is 7.65. The van der Waals surface area contributed by atoms with Gasteiger partial charge in [0.15, 0.2) is 0 Å². The molecule has 0 bridgehead atoms. The highest BCUT2D eigenvalue weighted by atomic mass is 16.4. The number of carboxylic acid groups (broad SMARTS) is 1. The Morgan fingerprint density at radius 2 is 1.97 bits per heavy atom. The number of anilines is 1. The van der Waals surface area contributed by atoms with Gasteiger partial charge in [0.1, 0.15) is 11.1 Å². The van der Waals surface area contributed by atoms with Crippen molar-refractivity contribution in [2.24, 2.45) is 17.1 Å². The second-order valence-corrected chi connectivity index (χ2v) is 11.5. The summed E-state index contributed by atoms with van der Waals surface area (Å²) in [4.78, 5) is 44.3. The Morgan fingerprint density at radius 3 is 2.51 bits per heavy atom. The van der Waals surface area contributed by atoms with Gasteiger partial charge in [0.2, 0.25) is 5.91 Å². The quantitative estimate of drug-likeness (QED) is 0.438. The predicted octanol–water partition coefficient (Wildman–Crippen LogP) is 2.74. The Labute approximate surface area is 225 Å². The monoisotopic (exact) mass is 529 g/mol. The minimum absolute atomic E-state index is 0.0620. The number of hydrogen-bond acceptors (Lipinski definition) is 7. The lowest BCUT2D eigenvalue weighted by Crippen LogP contribution is -2.48. The van der Waals surface area contributed by atoms with E-state index in [1.807, 2.05) is 27.7 Å². The summed E-state index contributed by atoms with van der Waals surface area (Å²) < 4.78 is 1.58. The number of hydrogen-bond donors (Lipinski definition) is 3. The largest absolute Gasteiger partial charge is 0.477 e. The van der Waals surface area contributed by atoms with Gasteiger partial charge in [0, 0.05) is 29.3 Å². The van der Waals surface area contributed by atoms with Crippen molar-refractivity contribution in [2.75, 3.05) is 18.0 Å². The Morgan fingerprint density at radius 1 is 1.26 bits per heavy atom. The number of aromatic nitrogens is 3. The number of rotatable bonds is 6. The maximum absolute atomic E-state index is 14.0. The first-order chi connectivity index (χ1) is 18.4. The highest BCUT2D eigenvalue weighted by Gasteiger charge is 2.55. The van der Waals surface area contributed by atoms with Crippen molar-refractivity contribution >= 4 is 29.0 Å². The van der Waals surface area contributed by atoms with Gasteiger partial charge in [0.05, 0.1) is 40.8 Å². The second kappa shape index (κ2) is 9.17. The molecule has 2 atom stereocenters. The van der Waals surface area contributed by atoms with E-state index in [1.165, 1.54) is 12.3 Å². The zero-order valence-electron chi connectivity index (χ0n) is 22.4. The topological polar surface area (TPSA) is 167 Å². The van der Waals surface area contributed by atoms with E-state index in [0.29, 0.717) is 54.0 Å². The van der Waals surface area contributed by atoms with Gasteiger partial charge < -0.3 is 21.1 Å². The Hall–Kier alpha value is -4.30. The van der Waals surface area contributed by atoms with E-state index in [1.54, 1.807) is 27.7 Å². The summed E-state index contributed by atoms with van der Waals surface area (Å²) in [7, 11) is 0. The fraction of sp³-hybridized carbons (Fsp3) is 0.429. The van der Waals surface area contributed by atoms with Crippen molar-refractivity contribution in [1.82, 2.24) is 19.9 Å². The molecule has 0 radical (unpaired) electrons. The van der Waals surface area contributed by atoms with E-state index in [4.69, 9.17) is 5.73 Å². The molecule has 39 heavy (non-hydrogen) atoms. The fourth-order valence-corrected chi connectivity index (χ4v) is 5.30. The molecular formula is C28H31N7O4. The molecule has 4 heterocycles. The molecule has 202 valence electrons. The number of aromatic carboxylic acids is 1. The van der Waals surface area contributed by atoms with E-state index >= 15 is 0 Å². The third-order valence-electron chi connectivity index (χ3n) is 7.65. The number of nitriles is 1. The molecule has 4 N–H and O–H groups in total. The van der Waals surface area contributed by atoms with Crippen LogP contribution >= 0.6 is 0 Å². The van der Waals surface area contributed by atoms with E-state index in [9.17, 15) is 24.8 Å². The zero-order valence-corrected chi connectivity index (χ0v) is 22.4. The van der Waals surface area contributed by atoms with E-state index in [-0.39, 0.29) is 29.1 Å². The van der Waals surface area contributed by atoms with Gasteiger partial charge in [-0.1, -0.05) is 33.8 Å². The molecule has 11 heteroatoms. The summed E-state index contributed by atoms with van der Waals surface area (Å²) >= 11 is 0. The van der Waals surface area contributed by atoms with E-state index in [2.05, 4.69) is 21.5 Å². The lowest BCUT2D eigenvalue weighted by atomic mass is 9.86. The minimum Gasteiger partial charge on any atom is -0.477 e. The summed E-state index contributed by atoms with van der Waals surface area (Å²) in [6.45, 7) is 9.05. The molecule has 1 saturated carbocycles. The number of primary amides is 1. The highest BCUT2D eigenvalue weighted by Crippen LogP contribution is 2.49. The number of fused-ring (bicyclic) bond motifs is 1. The molecule has 11 nitrogen and oxygen atoms in total. The van der Waals surface area contributed by atoms with E-state index < -0.39 is 22.7 Å². The molecule has 5 rings (SSSR count). The average molecular weight is 530 g/mol. The van der Waals surface area contributed by atoms with Gasteiger partial charge in [-0.2, -0.15) is 10.4 Å². The molecule has 2 amide bonds. The van der Waals surface area contributed by atoms with Gasteiger partial charge in [0.25, 0.3) is 5.91 Å². The molecule has 2 fully saturated rings. The SMILES string of the molecule is C[C@H]1CNC[C@H]1N(C(=O)C1(C#N)CC1)c1c(C(N)=O)cnn2cc(-c3ccc(C(=O)O)nc3C(C)(C)C)cc12. The van der Waals surface area contributed by atoms with Crippen molar-refractivity contribution in [2.45, 2.75) is 52.0 Å². The zero-order chi connectivity index (χ0) is 28.3. The number of carboxylic acids is 1. The standard InChI is InChI=1S/C28H31N7O4/c1-15-10-31-12-21(15)35(26(39)28(14-29)7-8-28)22-18(24(30)36)11-32-34-13-16(9-20(22)34)17-5-6-19(25(37)38)33-23(17)27(2,3)4/h5-6,9,11,13,15,21,31H,7-8,10,12H2,1-4H3,(H2,30,36)(H,37,38)/t15-,21+/m0/s1. The Bertz CT molecular complexity index is 1560. The van der Waals surface area contributed by atoms with Crippen LogP contribution in [0, 0.1) is 22.7 Å². The molecule has 1 aliphatic carbocycles. The van der Waals surface area contributed by atoms with Crippen molar-refractivity contribution < 1.29 is 19.5 Å². The van der Waals surface area contributed by atoms with Crippen LogP contribution in [0.25, 0.3) is 16.6 Å². The fourth-order valence-electron chi connectivity index (χ4n) is 5.30. The van der Waals surface area contributed by atoms with Gasteiger partial charge in [-0.3, -0.25) is 9.59 Å². The Balaban J connectivity index is 1.76. The average Bonchev–Trinajstić information content (AvgIpc) is 3.39. The maximum atomic E-state index is 14.0. The maximum Gasteiger partial charge on any atom is 0.354 e. The van der Waals surface area contributed by atoms with Gasteiger partial charge >= 0.3 is 5.97 Å². The third kappa shape index (κ3) is 4.40. The number of carbonyl (C=O) groups is 3. The van der Waals surface area contributed by atoms with Gasteiger partial charge in [-0.25, -0.2) is 14.3 Å². The van der Waals surface area contributed by atoms with Crippen LogP contribution in [0.2, 0.25) is 0 Å². The summed E-state index contributed by atoms with van der Waals surface area (Å²) in [5.41, 5.74) is 6.99. The van der Waals surface area contributed by atoms with Gasteiger partial charge in [-0.05, 0) is 37.4 Å². The minimum atomic E-state index is -1.12. The number of pyridine rings is 1. The van der Waals surface area contributed by atoms with Crippen molar-refractivity contribution in [3.63, 3.8) is 0 Å². The molecule has 1 aliphatic heterocycles. The number of carbonyl (C=O) groups excluding carboxylic acids is 2. The van der Waals surface area contributed by atoms with Crippen molar-refractivity contribution in [3.05, 3.63) is 47.5 Å². The number of nitrogens with one attached hydrogen (secondary N) is 1. The molecule has 3 aromatic heterocycles. The van der Waals surface area contributed by atoms with Crippen LogP contribution in [0.3, 0.4) is 0 Å². The molecule has 3 aromatic rings. The van der Waals surface area contributed by atoms with Gasteiger partial charge in [-0.15, -0.1) is 0 Å². The lowest BCUT2D eigenvalue weighted by Gasteiger charge is -2.34. The van der Waals surface area contributed by atoms with Crippen LogP contribution in [-0.4, -0.2) is 56.6 Å². The van der Waals surface area contributed by atoms with Crippen LogP contribution in [0.4, 0.5) is 5.69 Å². The van der Waals surface area contributed by atoms with Crippen LogP contribution in [-0.2, 0) is 10.2 Å². The number of amides is 2. The summed E-state index contributed by atoms with van der Waals surface area (Å²) in [5.74, 6) is -2.13. The number of nitrogens with zero attached hydrogens (tertiary/aromatic N) is 5. The van der Waals surface area contributed by atoms with Crippen molar-refractivity contribution in [1.29, 1.82) is 5.26 Å². The number of nitrogens with two attached hydrogens (primary N) is 1. The lowest BCUT2D eigenvalue weighted by molar-refractivity contribution is -0.122. The van der Waals surface area contributed by atoms with Crippen LogP contribution in [0.15, 0.2) is 30.6 Å². The molecule has 1 saturated heterocycles. The van der Waals surface area contributed by atoms with Crippen LogP contribution in [0.1, 0.15) is 67.1 Å². The first kappa shape index (κ1) is 26.3.